The lowest BCUT2D eigenvalue weighted by Gasteiger charge is -2.05. The summed E-state index contributed by atoms with van der Waals surface area (Å²) >= 11 is 5.83. The molecule has 1 N–H and O–H groups in total. The Kier molecular flexibility index (Phi) is 4.73. The summed E-state index contributed by atoms with van der Waals surface area (Å²) in [6, 6.07) is 1.83. The summed E-state index contributed by atoms with van der Waals surface area (Å²) in [5.41, 5.74) is 1.71. The molecule has 4 heteroatoms. The molecule has 3 nitrogen and oxygen atoms in total. The topological polar surface area (TPSA) is 37.8 Å². The summed E-state index contributed by atoms with van der Waals surface area (Å²) in [6.45, 7) is 5.61. The van der Waals surface area contributed by atoms with Gasteiger partial charge in [-0.1, -0.05) is 30.9 Å². The van der Waals surface area contributed by atoms with Gasteiger partial charge in [0.1, 0.15) is 5.82 Å². The van der Waals surface area contributed by atoms with E-state index in [4.69, 9.17) is 11.6 Å². The second-order valence-corrected chi connectivity index (χ2v) is 3.35. The molecule has 0 bridgehead atoms. The Morgan fingerprint density at radius 2 is 2.25 bits per heavy atom. The van der Waals surface area contributed by atoms with Crippen LogP contribution in [0.1, 0.15) is 12.6 Å². The number of aromatic nitrogens is 2. The summed E-state index contributed by atoms with van der Waals surface area (Å²) in [5.74, 6) is 0.689. The Bertz CT molecular complexity index is 436. The van der Waals surface area contributed by atoms with Crippen LogP contribution in [0.25, 0.3) is 5.57 Å². The van der Waals surface area contributed by atoms with Crippen LogP contribution in [0.15, 0.2) is 36.9 Å². The normalized spacial score (nSPS) is 11.8. The van der Waals surface area contributed by atoms with Crippen molar-refractivity contribution < 1.29 is 0 Å². The van der Waals surface area contributed by atoms with E-state index in [1.54, 1.807) is 13.1 Å². The monoisotopic (exact) mass is 235 g/mol. The van der Waals surface area contributed by atoms with Crippen molar-refractivity contribution in [2.45, 2.75) is 6.92 Å². The van der Waals surface area contributed by atoms with Crippen LogP contribution in [-0.4, -0.2) is 17.0 Å². The summed E-state index contributed by atoms with van der Waals surface area (Å²) in [5, 5.41) is 3.16. The van der Waals surface area contributed by atoms with Crippen molar-refractivity contribution in [2.24, 2.45) is 0 Å². The van der Waals surface area contributed by atoms with E-state index in [1.165, 1.54) is 0 Å². The molecule has 84 valence electrons. The highest BCUT2D eigenvalue weighted by Crippen LogP contribution is 2.18. The highest BCUT2D eigenvalue weighted by molar-refractivity contribution is 6.28. The molecule has 1 aromatic heterocycles. The highest BCUT2D eigenvalue weighted by atomic mass is 35.5. The fraction of sp³-hybridized carbons (Fsp3) is 0.167. The first kappa shape index (κ1) is 12.5. The van der Waals surface area contributed by atoms with E-state index >= 15 is 0 Å². The molecule has 0 saturated carbocycles. The van der Waals surface area contributed by atoms with Crippen molar-refractivity contribution in [1.82, 2.24) is 9.97 Å². The molecule has 1 aromatic rings. The van der Waals surface area contributed by atoms with Crippen molar-refractivity contribution in [3.05, 3.63) is 47.9 Å². The Hall–Kier alpha value is -1.61. The number of allylic oxidation sites excluding steroid dienone is 5. The van der Waals surface area contributed by atoms with Crippen LogP contribution in [0.3, 0.4) is 0 Å². The third kappa shape index (κ3) is 3.21. The minimum absolute atomic E-state index is 0.223. The van der Waals surface area contributed by atoms with Crippen LogP contribution in [0, 0.1) is 0 Å². The van der Waals surface area contributed by atoms with Gasteiger partial charge in [0.15, 0.2) is 0 Å². The molecule has 0 radical (unpaired) electrons. The zero-order valence-electron chi connectivity index (χ0n) is 9.37. The Morgan fingerprint density at radius 1 is 1.50 bits per heavy atom. The first-order valence-electron chi connectivity index (χ1n) is 4.89. The van der Waals surface area contributed by atoms with Gasteiger partial charge in [0.05, 0.1) is 5.69 Å². The molecule has 1 heterocycles. The van der Waals surface area contributed by atoms with Crippen LogP contribution in [-0.2, 0) is 0 Å². The second kappa shape index (κ2) is 6.08. The first-order chi connectivity index (χ1) is 7.71. The molecule has 0 aliphatic carbocycles. The molecule has 0 saturated heterocycles. The van der Waals surface area contributed by atoms with E-state index in [2.05, 4.69) is 21.9 Å². The van der Waals surface area contributed by atoms with E-state index in [9.17, 15) is 0 Å². The van der Waals surface area contributed by atoms with Gasteiger partial charge in [-0.05, 0) is 18.5 Å². The van der Waals surface area contributed by atoms with E-state index < -0.39 is 0 Å². The third-order valence-corrected chi connectivity index (χ3v) is 2.06. The van der Waals surface area contributed by atoms with Gasteiger partial charge in [-0.25, -0.2) is 9.97 Å². The predicted molar refractivity (Wildman–Crippen MR) is 69.6 cm³/mol. The molecule has 0 aliphatic heterocycles. The zero-order chi connectivity index (χ0) is 12.0. The lowest BCUT2D eigenvalue weighted by Crippen LogP contribution is -1.97. The number of nitrogens with zero attached hydrogens (tertiary/aromatic N) is 2. The van der Waals surface area contributed by atoms with Crippen LogP contribution < -0.4 is 5.32 Å². The Morgan fingerprint density at radius 3 is 2.81 bits per heavy atom. The van der Waals surface area contributed by atoms with Crippen molar-refractivity contribution in [1.29, 1.82) is 0 Å². The molecule has 0 aliphatic rings. The SMILES string of the molecule is C=C/C=C(\C=C/C)c1cc(NC)nc(Cl)n1. The standard InChI is InChI=1S/C12H14ClN3/c1-4-6-9(7-5-2)10-8-11(14-3)16-12(13)15-10/h4-8H,1H2,2-3H3,(H,14,15,16)/b7-5-,9-6+. The minimum atomic E-state index is 0.223. The summed E-state index contributed by atoms with van der Waals surface area (Å²) in [7, 11) is 1.79. The van der Waals surface area contributed by atoms with Gasteiger partial charge in [-0.15, -0.1) is 0 Å². The molecule has 0 unspecified atom stereocenters. The first-order valence-corrected chi connectivity index (χ1v) is 5.27. The third-order valence-electron chi connectivity index (χ3n) is 1.89. The van der Waals surface area contributed by atoms with Crippen molar-refractivity contribution in [2.75, 3.05) is 12.4 Å². The van der Waals surface area contributed by atoms with E-state index in [0.29, 0.717) is 5.82 Å². The largest absolute Gasteiger partial charge is 0.373 e. The van der Waals surface area contributed by atoms with E-state index in [-0.39, 0.29) is 5.28 Å². The van der Waals surface area contributed by atoms with Gasteiger partial charge in [-0.2, -0.15) is 0 Å². The van der Waals surface area contributed by atoms with E-state index in [1.807, 2.05) is 31.2 Å². The van der Waals surface area contributed by atoms with Crippen LogP contribution in [0.2, 0.25) is 5.28 Å². The summed E-state index contributed by atoms with van der Waals surface area (Å²) in [6.07, 6.45) is 7.46. The molecule has 0 fully saturated rings. The molecular formula is C12H14ClN3. The molecule has 16 heavy (non-hydrogen) atoms. The number of nitrogens with one attached hydrogen (secondary N) is 1. The fourth-order valence-electron chi connectivity index (χ4n) is 1.23. The lowest BCUT2D eigenvalue weighted by atomic mass is 10.1. The van der Waals surface area contributed by atoms with E-state index in [0.717, 1.165) is 11.3 Å². The van der Waals surface area contributed by atoms with Gasteiger partial charge in [-0.3, -0.25) is 0 Å². The molecule has 0 spiro atoms. The zero-order valence-corrected chi connectivity index (χ0v) is 10.1. The Labute approximate surface area is 101 Å². The van der Waals surface area contributed by atoms with Crippen LogP contribution in [0.4, 0.5) is 5.82 Å². The van der Waals surface area contributed by atoms with Gasteiger partial charge >= 0.3 is 0 Å². The predicted octanol–water partition coefficient (Wildman–Crippen LogP) is 3.32. The molecule has 0 atom stereocenters. The maximum absolute atomic E-state index is 5.83. The smallest absolute Gasteiger partial charge is 0.224 e. The van der Waals surface area contributed by atoms with Gasteiger partial charge in [0.25, 0.3) is 0 Å². The van der Waals surface area contributed by atoms with Crippen LogP contribution in [0.5, 0.6) is 0 Å². The second-order valence-electron chi connectivity index (χ2n) is 3.02. The summed E-state index contributed by atoms with van der Waals surface area (Å²) in [4.78, 5) is 8.19. The fourth-order valence-corrected chi connectivity index (χ4v) is 1.41. The van der Waals surface area contributed by atoms with Gasteiger partial charge < -0.3 is 5.32 Å². The van der Waals surface area contributed by atoms with Gasteiger partial charge in [0.2, 0.25) is 5.28 Å². The molecule has 0 amide bonds. The number of hydrogen-bond acceptors (Lipinski definition) is 3. The summed E-state index contributed by atoms with van der Waals surface area (Å²) < 4.78 is 0. The maximum Gasteiger partial charge on any atom is 0.224 e. The molecule has 1 rings (SSSR count). The quantitative estimate of drug-likeness (QED) is 0.643. The average Bonchev–Trinajstić information content (AvgIpc) is 2.28. The number of halogens is 1. The number of anilines is 1. The Balaban J connectivity index is 3.23. The van der Waals surface area contributed by atoms with Gasteiger partial charge in [0, 0.05) is 18.7 Å². The minimum Gasteiger partial charge on any atom is -0.373 e. The average molecular weight is 236 g/mol. The number of hydrogen-bond donors (Lipinski definition) is 1. The van der Waals surface area contributed by atoms with Crippen molar-refractivity contribution >= 4 is 23.0 Å². The highest BCUT2D eigenvalue weighted by Gasteiger charge is 2.04. The lowest BCUT2D eigenvalue weighted by molar-refractivity contribution is 1.14. The van der Waals surface area contributed by atoms with Crippen molar-refractivity contribution in [3.63, 3.8) is 0 Å². The molecular weight excluding hydrogens is 222 g/mol. The number of rotatable bonds is 4. The van der Waals surface area contributed by atoms with Crippen molar-refractivity contribution in [3.8, 4) is 0 Å². The maximum atomic E-state index is 5.83. The molecule has 0 aromatic carbocycles. The van der Waals surface area contributed by atoms with Crippen LogP contribution >= 0.6 is 11.6 Å².